The van der Waals surface area contributed by atoms with E-state index in [1.807, 2.05) is 19.1 Å². The molecule has 1 aromatic carbocycles. The van der Waals surface area contributed by atoms with Gasteiger partial charge in [-0.3, -0.25) is 4.79 Å². The maximum Gasteiger partial charge on any atom is 0.267 e. The summed E-state index contributed by atoms with van der Waals surface area (Å²) in [5, 5.41) is 6.97. The molecule has 2 N–H and O–H groups in total. The summed E-state index contributed by atoms with van der Waals surface area (Å²) in [6.07, 6.45) is 1.50. The van der Waals surface area contributed by atoms with E-state index < -0.39 is 9.84 Å². The Bertz CT molecular complexity index is 1330. The van der Waals surface area contributed by atoms with Crippen molar-refractivity contribution in [2.45, 2.75) is 13.8 Å². The summed E-state index contributed by atoms with van der Waals surface area (Å²) in [5.41, 5.74) is 1.33. The number of aromatic nitrogens is 3. The summed E-state index contributed by atoms with van der Waals surface area (Å²) in [6.45, 7) is 5.01. The molecule has 2 aliphatic rings. The smallest absolute Gasteiger partial charge is 0.267 e. The lowest BCUT2D eigenvalue weighted by atomic mass is 9.83. The minimum atomic E-state index is -2.86. The van der Waals surface area contributed by atoms with Gasteiger partial charge in [0.2, 0.25) is 0 Å². The van der Waals surface area contributed by atoms with Crippen LogP contribution >= 0.6 is 22.9 Å². The number of sulfone groups is 1. The van der Waals surface area contributed by atoms with E-state index in [1.165, 1.54) is 17.5 Å². The second kappa shape index (κ2) is 7.93. The van der Waals surface area contributed by atoms with Crippen molar-refractivity contribution in [2.75, 3.05) is 40.1 Å². The zero-order valence-electron chi connectivity index (χ0n) is 17.9. The molecule has 2 fully saturated rings. The fourth-order valence-corrected chi connectivity index (χ4v) is 7.42. The Labute approximate surface area is 200 Å². The maximum atomic E-state index is 12.7. The third-order valence-electron chi connectivity index (χ3n) is 5.68. The first-order valence-electron chi connectivity index (χ1n) is 10.2. The van der Waals surface area contributed by atoms with Crippen LogP contribution in [-0.4, -0.2) is 53.9 Å². The quantitative estimate of drug-likeness (QED) is 0.542. The zero-order chi connectivity index (χ0) is 23.4. The molecule has 5 rings (SSSR count). The summed E-state index contributed by atoms with van der Waals surface area (Å²) in [5.74, 6) is 2.09. The van der Waals surface area contributed by atoms with Crippen LogP contribution in [0.15, 0.2) is 30.5 Å². The molecule has 9 nitrogen and oxygen atoms in total. The molecule has 0 saturated carbocycles. The molecule has 2 aromatic heterocycles. The van der Waals surface area contributed by atoms with Crippen molar-refractivity contribution in [1.29, 1.82) is 0 Å². The molecule has 0 atom stereocenters. The molecule has 4 heterocycles. The molecule has 0 unspecified atom stereocenters. The van der Waals surface area contributed by atoms with Crippen LogP contribution in [0.2, 0.25) is 5.02 Å². The summed E-state index contributed by atoms with van der Waals surface area (Å²) in [6, 6.07) is 7.23. The lowest BCUT2D eigenvalue weighted by molar-refractivity contribution is 0.103. The molecule has 0 bridgehead atoms. The lowest BCUT2D eigenvalue weighted by Crippen LogP contribution is -2.68. The van der Waals surface area contributed by atoms with Crippen molar-refractivity contribution < 1.29 is 13.2 Å². The standard InChI is InChI=1S/C21H21ClN6O3S2/c1-12-4-3-5-14(22)18(12)27-19(29)15-7-23-20(32-15)26-16-6-17(25-13(2)24-16)28-8-21(9-28)10-33(30,31)11-21/h3-7H,8-11H2,1-2H3,(H,27,29)(H,23,24,25,26). The lowest BCUT2D eigenvalue weighted by Gasteiger charge is -2.55. The molecule has 12 heteroatoms. The summed E-state index contributed by atoms with van der Waals surface area (Å²) in [7, 11) is -2.86. The van der Waals surface area contributed by atoms with Crippen molar-refractivity contribution in [1.82, 2.24) is 15.0 Å². The number of nitrogens with one attached hydrogen (secondary N) is 2. The minimum absolute atomic E-state index is 0.122. The number of benzene rings is 1. The fraction of sp³-hybridized carbons (Fsp3) is 0.333. The number of rotatable bonds is 5. The number of amides is 1. The molecule has 3 aromatic rings. The van der Waals surface area contributed by atoms with Gasteiger partial charge in [-0.2, -0.15) is 0 Å². The van der Waals surface area contributed by atoms with Crippen molar-refractivity contribution in [3.63, 3.8) is 0 Å². The number of anilines is 4. The molecular weight excluding hydrogens is 484 g/mol. The molecular formula is C21H21ClN6O3S2. The summed E-state index contributed by atoms with van der Waals surface area (Å²) < 4.78 is 23.1. The first kappa shape index (κ1) is 22.1. The second-order valence-electron chi connectivity index (χ2n) is 8.59. The van der Waals surface area contributed by atoms with Crippen molar-refractivity contribution >= 4 is 61.1 Å². The van der Waals surface area contributed by atoms with Gasteiger partial charge in [0.05, 0.1) is 28.4 Å². The Hall–Kier alpha value is -2.76. The van der Waals surface area contributed by atoms with E-state index in [9.17, 15) is 13.2 Å². The molecule has 0 aliphatic carbocycles. The molecule has 1 spiro atoms. The van der Waals surface area contributed by atoms with Crippen LogP contribution in [-0.2, 0) is 9.84 Å². The molecule has 2 saturated heterocycles. The number of hydrogen-bond acceptors (Lipinski definition) is 9. The molecule has 2 aliphatic heterocycles. The Morgan fingerprint density at radius 1 is 1.21 bits per heavy atom. The topological polar surface area (TPSA) is 117 Å². The van der Waals surface area contributed by atoms with Gasteiger partial charge in [0.15, 0.2) is 15.0 Å². The number of aryl methyl sites for hydroxylation is 2. The number of halogens is 1. The van der Waals surface area contributed by atoms with Gasteiger partial charge < -0.3 is 15.5 Å². The van der Waals surface area contributed by atoms with Crippen molar-refractivity contribution in [3.05, 3.63) is 51.7 Å². The van der Waals surface area contributed by atoms with Gasteiger partial charge in [0.25, 0.3) is 5.91 Å². The number of nitrogens with zero attached hydrogens (tertiary/aromatic N) is 4. The number of carbonyl (C=O) groups is 1. The first-order valence-corrected chi connectivity index (χ1v) is 13.2. The second-order valence-corrected chi connectivity index (χ2v) is 12.1. The zero-order valence-corrected chi connectivity index (χ0v) is 20.3. The van der Waals surface area contributed by atoms with Gasteiger partial charge >= 0.3 is 0 Å². The number of thiazole rings is 1. The highest BCUT2D eigenvalue weighted by Gasteiger charge is 2.56. The van der Waals surface area contributed by atoms with Gasteiger partial charge in [0, 0.05) is 24.6 Å². The predicted octanol–water partition coefficient (Wildman–Crippen LogP) is 3.43. The van der Waals surface area contributed by atoms with Crippen LogP contribution in [0.1, 0.15) is 21.1 Å². The summed E-state index contributed by atoms with van der Waals surface area (Å²) >= 11 is 7.40. The van der Waals surface area contributed by atoms with Gasteiger partial charge in [0.1, 0.15) is 22.3 Å². The van der Waals surface area contributed by atoms with E-state index in [4.69, 9.17) is 11.6 Å². The van der Waals surface area contributed by atoms with Crippen LogP contribution in [0.25, 0.3) is 0 Å². The molecule has 33 heavy (non-hydrogen) atoms. The first-order chi connectivity index (χ1) is 15.6. The highest BCUT2D eigenvalue weighted by Crippen LogP contribution is 2.43. The van der Waals surface area contributed by atoms with E-state index in [1.54, 1.807) is 19.1 Å². The van der Waals surface area contributed by atoms with Crippen LogP contribution in [0.4, 0.5) is 22.5 Å². The van der Waals surface area contributed by atoms with Gasteiger partial charge in [-0.15, -0.1) is 0 Å². The van der Waals surface area contributed by atoms with Gasteiger partial charge in [-0.05, 0) is 25.5 Å². The monoisotopic (exact) mass is 504 g/mol. The van der Waals surface area contributed by atoms with E-state index in [0.29, 0.717) is 45.5 Å². The van der Waals surface area contributed by atoms with Crippen LogP contribution in [0.3, 0.4) is 0 Å². The third kappa shape index (κ3) is 4.40. The maximum absolute atomic E-state index is 12.7. The number of carbonyl (C=O) groups excluding carboxylic acids is 1. The Kier molecular flexibility index (Phi) is 5.30. The Morgan fingerprint density at radius 2 is 1.97 bits per heavy atom. The highest BCUT2D eigenvalue weighted by molar-refractivity contribution is 7.92. The third-order valence-corrected chi connectivity index (χ3v) is 9.01. The Morgan fingerprint density at radius 3 is 2.67 bits per heavy atom. The average molecular weight is 505 g/mol. The fourth-order valence-electron chi connectivity index (χ4n) is 4.29. The van der Waals surface area contributed by atoms with E-state index >= 15 is 0 Å². The molecule has 172 valence electrons. The average Bonchev–Trinajstić information content (AvgIpc) is 3.15. The van der Waals surface area contributed by atoms with Crippen molar-refractivity contribution in [3.8, 4) is 0 Å². The molecule has 0 radical (unpaired) electrons. The minimum Gasteiger partial charge on any atom is -0.355 e. The molecule has 1 amide bonds. The van der Waals surface area contributed by atoms with Gasteiger partial charge in [-0.25, -0.2) is 23.4 Å². The summed E-state index contributed by atoms with van der Waals surface area (Å²) in [4.78, 5) is 28.3. The van der Waals surface area contributed by atoms with Gasteiger partial charge in [-0.1, -0.05) is 35.1 Å². The normalized spacial score (nSPS) is 17.8. The van der Waals surface area contributed by atoms with E-state index in [0.717, 1.165) is 11.4 Å². The van der Waals surface area contributed by atoms with Crippen LogP contribution < -0.4 is 15.5 Å². The largest absolute Gasteiger partial charge is 0.355 e. The van der Waals surface area contributed by atoms with E-state index in [2.05, 4.69) is 30.5 Å². The predicted molar refractivity (Wildman–Crippen MR) is 130 cm³/mol. The van der Waals surface area contributed by atoms with Crippen molar-refractivity contribution in [2.24, 2.45) is 5.41 Å². The van der Waals surface area contributed by atoms with E-state index in [-0.39, 0.29) is 22.8 Å². The van der Waals surface area contributed by atoms with Crippen LogP contribution in [0, 0.1) is 19.3 Å². The number of para-hydroxylation sites is 1. The number of hydrogen-bond donors (Lipinski definition) is 2. The SMILES string of the molecule is Cc1nc(Nc2ncc(C(=O)Nc3c(C)cccc3Cl)s2)cc(N2CC3(C2)CS(=O)(=O)C3)n1. The van der Waals surface area contributed by atoms with Crippen LogP contribution in [0.5, 0.6) is 0 Å². The highest BCUT2D eigenvalue weighted by atomic mass is 35.5. The Balaban J connectivity index is 1.26.